The number of aryl methyl sites for hydroxylation is 1. The molecule has 1 aromatic heterocycles. The van der Waals surface area contributed by atoms with Crippen LogP contribution in [0, 0.1) is 6.92 Å². The highest BCUT2D eigenvalue weighted by Gasteiger charge is 2.17. The number of hydrogen-bond acceptors (Lipinski definition) is 4. The van der Waals surface area contributed by atoms with Crippen LogP contribution in [-0.2, 0) is 6.54 Å². The van der Waals surface area contributed by atoms with Gasteiger partial charge in [0.05, 0.1) is 5.01 Å². The van der Waals surface area contributed by atoms with Crippen molar-refractivity contribution in [2.45, 2.75) is 39.3 Å². The highest BCUT2D eigenvalue weighted by Crippen LogP contribution is 2.15. The lowest BCUT2D eigenvalue weighted by atomic mass is 10.2. The molecule has 0 amide bonds. The largest absolute Gasteiger partial charge is 0.313 e. The molecular formula is C12H21N3S. The van der Waals surface area contributed by atoms with Gasteiger partial charge >= 0.3 is 0 Å². The zero-order valence-corrected chi connectivity index (χ0v) is 11.0. The molecule has 1 aliphatic heterocycles. The maximum absolute atomic E-state index is 4.31. The fourth-order valence-corrected chi connectivity index (χ4v) is 3.07. The van der Waals surface area contributed by atoms with E-state index in [4.69, 9.17) is 0 Å². The van der Waals surface area contributed by atoms with Crippen molar-refractivity contribution in [3.8, 4) is 0 Å². The van der Waals surface area contributed by atoms with E-state index in [1.807, 2.05) is 17.5 Å². The van der Waals surface area contributed by atoms with Gasteiger partial charge in [-0.25, -0.2) is 4.98 Å². The standard InChI is InChI=1S/C12H21N3S/c1-3-15(8-11-5-4-6-13-11)9-12-7-14-10(2)16-12/h7,11,13H,3-6,8-9H2,1-2H3. The zero-order chi connectivity index (χ0) is 11.4. The van der Waals surface area contributed by atoms with Gasteiger partial charge in [0.2, 0.25) is 0 Å². The average molecular weight is 239 g/mol. The molecule has 0 radical (unpaired) electrons. The maximum Gasteiger partial charge on any atom is 0.0897 e. The van der Waals surface area contributed by atoms with Gasteiger partial charge in [0.25, 0.3) is 0 Å². The van der Waals surface area contributed by atoms with Crippen molar-refractivity contribution in [1.82, 2.24) is 15.2 Å². The molecule has 3 nitrogen and oxygen atoms in total. The first-order chi connectivity index (χ1) is 7.78. The van der Waals surface area contributed by atoms with Crippen LogP contribution in [0.25, 0.3) is 0 Å². The molecule has 1 unspecified atom stereocenters. The van der Waals surface area contributed by atoms with Gasteiger partial charge in [0.15, 0.2) is 0 Å². The lowest BCUT2D eigenvalue weighted by Gasteiger charge is -2.23. The highest BCUT2D eigenvalue weighted by molar-refractivity contribution is 7.11. The number of nitrogens with one attached hydrogen (secondary N) is 1. The molecule has 0 spiro atoms. The van der Waals surface area contributed by atoms with Crippen molar-refractivity contribution >= 4 is 11.3 Å². The normalized spacial score (nSPS) is 20.8. The van der Waals surface area contributed by atoms with E-state index in [0.29, 0.717) is 6.04 Å². The minimum absolute atomic E-state index is 0.703. The second kappa shape index (κ2) is 5.75. The minimum Gasteiger partial charge on any atom is -0.313 e. The lowest BCUT2D eigenvalue weighted by Crippen LogP contribution is -2.36. The van der Waals surface area contributed by atoms with Crippen LogP contribution < -0.4 is 5.32 Å². The Bertz CT molecular complexity index is 318. The Labute approximate surface area is 102 Å². The van der Waals surface area contributed by atoms with E-state index >= 15 is 0 Å². The molecule has 1 aromatic rings. The van der Waals surface area contributed by atoms with E-state index in [9.17, 15) is 0 Å². The molecule has 0 aliphatic carbocycles. The van der Waals surface area contributed by atoms with Crippen LogP contribution in [0.15, 0.2) is 6.20 Å². The van der Waals surface area contributed by atoms with Gasteiger partial charge in [-0.05, 0) is 32.9 Å². The molecule has 1 fully saturated rings. The second-order valence-electron chi connectivity index (χ2n) is 4.47. The number of hydrogen-bond donors (Lipinski definition) is 1. The summed E-state index contributed by atoms with van der Waals surface area (Å²) in [6, 6.07) is 0.703. The zero-order valence-electron chi connectivity index (χ0n) is 10.2. The third-order valence-electron chi connectivity index (χ3n) is 3.14. The summed E-state index contributed by atoms with van der Waals surface area (Å²) >= 11 is 1.82. The Morgan fingerprint density at radius 3 is 3.06 bits per heavy atom. The third-order valence-corrected chi connectivity index (χ3v) is 4.03. The summed E-state index contributed by atoms with van der Waals surface area (Å²) in [5.41, 5.74) is 0. The van der Waals surface area contributed by atoms with Crippen LogP contribution >= 0.6 is 11.3 Å². The Morgan fingerprint density at radius 2 is 2.50 bits per heavy atom. The van der Waals surface area contributed by atoms with Crippen molar-refractivity contribution in [3.63, 3.8) is 0 Å². The van der Waals surface area contributed by atoms with E-state index in [1.54, 1.807) is 0 Å². The Morgan fingerprint density at radius 1 is 1.62 bits per heavy atom. The van der Waals surface area contributed by atoms with Gasteiger partial charge in [-0.2, -0.15) is 0 Å². The smallest absolute Gasteiger partial charge is 0.0897 e. The summed E-state index contributed by atoms with van der Waals surface area (Å²) < 4.78 is 0. The predicted molar refractivity (Wildman–Crippen MR) is 68.8 cm³/mol. The van der Waals surface area contributed by atoms with Crippen molar-refractivity contribution in [1.29, 1.82) is 0 Å². The van der Waals surface area contributed by atoms with E-state index in [2.05, 4.69) is 29.0 Å². The summed E-state index contributed by atoms with van der Waals surface area (Å²) in [4.78, 5) is 8.21. The van der Waals surface area contributed by atoms with Crippen LogP contribution in [0.3, 0.4) is 0 Å². The van der Waals surface area contributed by atoms with Gasteiger partial charge in [0.1, 0.15) is 0 Å². The van der Waals surface area contributed by atoms with Crippen LogP contribution in [0.5, 0.6) is 0 Å². The fraction of sp³-hybridized carbons (Fsp3) is 0.750. The Balaban J connectivity index is 1.84. The molecule has 1 saturated heterocycles. The SMILES string of the molecule is CCN(Cc1cnc(C)s1)CC1CCCN1. The van der Waals surface area contributed by atoms with E-state index in [0.717, 1.165) is 13.1 Å². The number of thiazole rings is 1. The first-order valence-corrected chi connectivity index (χ1v) is 6.96. The van der Waals surface area contributed by atoms with Gasteiger partial charge in [0, 0.05) is 30.2 Å². The number of likely N-dealkylation sites (N-methyl/N-ethyl adjacent to an activating group) is 1. The summed E-state index contributed by atoms with van der Waals surface area (Å²) in [5, 5.41) is 4.73. The quantitative estimate of drug-likeness (QED) is 0.852. The van der Waals surface area contributed by atoms with Gasteiger partial charge in [-0.15, -0.1) is 11.3 Å². The molecule has 16 heavy (non-hydrogen) atoms. The average Bonchev–Trinajstić information content (AvgIpc) is 2.89. The third kappa shape index (κ3) is 3.27. The van der Waals surface area contributed by atoms with Crippen molar-refractivity contribution in [2.75, 3.05) is 19.6 Å². The first kappa shape index (κ1) is 12.0. The number of nitrogens with zero attached hydrogens (tertiary/aromatic N) is 2. The summed E-state index contributed by atoms with van der Waals surface area (Å²) in [7, 11) is 0. The Kier molecular flexibility index (Phi) is 4.32. The number of aromatic nitrogens is 1. The van der Waals surface area contributed by atoms with Crippen molar-refractivity contribution in [2.24, 2.45) is 0 Å². The Hall–Kier alpha value is -0.450. The predicted octanol–water partition coefficient (Wildman–Crippen LogP) is 2.03. The first-order valence-electron chi connectivity index (χ1n) is 6.15. The molecule has 4 heteroatoms. The molecule has 1 aliphatic rings. The van der Waals surface area contributed by atoms with E-state index < -0.39 is 0 Å². The van der Waals surface area contributed by atoms with Gasteiger partial charge in [-0.3, -0.25) is 4.90 Å². The maximum atomic E-state index is 4.31. The van der Waals surface area contributed by atoms with Crippen molar-refractivity contribution < 1.29 is 0 Å². The number of rotatable bonds is 5. The molecule has 90 valence electrons. The summed E-state index contributed by atoms with van der Waals surface area (Å²) in [5.74, 6) is 0. The molecule has 1 N–H and O–H groups in total. The fourth-order valence-electron chi connectivity index (χ4n) is 2.23. The molecule has 0 bridgehead atoms. The topological polar surface area (TPSA) is 28.2 Å². The molecule has 0 aromatic carbocycles. The molecule has 2 heterocycles. The monoisotopic (exact) mass is 239 g/mol. The summed E-state index contributed by atoms with van der Waals surface area (Å²) in [6.45, 7) is 8.86. The molecular weight excluding hydrogens is 218 g/mol. The lowest BCUT2D eigenvalue weighted by molar-refractivity contribution is 0.255. The second-order valence-corrected chi connectivity index (χ2v) is 5.79. The highest BCUT2D eigenvalue weighted by atomic mass is 32.1. The van der Waals surface area contributed by atoms with E-state index in [-0.39, 0.29) is 0 Å². The van der Waals surface area contributed by atoms with E-state index in [1.165, 1.54) is 35.8 Å². The molecule has 2 rings (SSSR count). The summed E-state index contributed by atoms with van der Waals surface area (Å²) in [6.07, 6.45) is 4.69. The van der Waals surface area contributed by atoms with Crippen LogP contribution in [0.4, 0.5) is 0 Å². The molecule has 1 atom stereocenters. The minimum atomic E-state index is 0.703. The van der Waals surface area contributed by atoms with Crippen LogP contribution in [0.2, 0.25) is 0 Å². The van der Waals surface area contributed by atoms with Gasteiger partial charge < -0.3 is 5.32 Å². The van der Waals surface area contributed by atoms with Crippen molar-refractivity contribution in [3.05, 3.63) is 16.1 Å². The van der Waals surface area contributed by atoms with Crippen LogP contribution in [0.1, 0.15) is 29.7 Å². The van der Waals surface area contributed by atoms with Crippen LogP contribution in [-0.4, -0.2) is 35.6 Å². The molecule has 0 saturated carbocycles. The van der Waals surface area contributed by atoms with Gasteiger partial charge in [-0.1, -0.05) is 6.92 Å².